The molecule has 2 aromatic rings. The van der Waals surface area contributed by atoms with Crippen molar-refractivity contribution in [2.45, 2.75) is 4.90 Å². The van der Waals surface area contributed by atoms with Crippen LogP contribution in [0.5, 0.6) is 0 Å². The van der Waals surface area contributed by atoms with Crippen LogP contribution in [0.2, 0.25) is 5.02 Å². The highest BCUT2D eigenvalue weighted by molar-refractivity contribution is 7.89. The van der Waals surface area contributed by atoms with Crippen molar-refractivity contribution in [3.05, 3.63) is 59.6 Å². The number of nitrogens with zero attached hydrogens (tertiary/aromatic N) is 2. The van der Waals surface area contributed by atoms with E-state index in [-0.39, 0.29) is 4.90 Å². The molecule has 1 saturated heterocycles. The fraction of sp³-hybridized carbons (Fsp3) is 0.333. The zero-order valence-corrected chi connectivity index (χ0v) is 15.5. The monoisotopic (exact) mass is 379 g/mol. The fourth-order valence-electron chi connectivity index (χ4n) is 2.92. The second kappa shape index (κ2) is 8.19. The number of halogens is 1. The molecule has 0 radical (unpaired) electrons. The van der Waals surface area contributed by atoms with Gasteiger partial charge >= 0.3 is 0 Å². The van der Waals surface area contributed by atoms with Gasteiger partial charge in [0, 0.05) is 50.0 Å². The smallest absolute Gasteiger partial charge is 0.240 e. The summed E-state index contributed by atoms with van der Waals surface area (Å²) in [7, 11) is -3.51. The lowest BCUT2D eigenvalue weighted by Gasteiger charge is -2.36. The Morgan fingerprint density at radius 2 is 1.68 bits per heavy atom. The molecule has 134 valence electrons. The van der Waals surface area contributed by atoms with E-state index in [9.17, 15) is 8.42 Å². The molecule has 1 N–H and O–H groups in total. The highest BCUT2D eigenvalue weighted by atomic mass is 35.5. The molecule has 0 aromatic heterocycles. The summed E-state index contributed by atoms with van der Waals surface area (Å²) < 4.78 is 27.2. The SMILES string of the molecule is O=S(=O)(NCCN1CCN(c2ccccc2)CC1)c1cccc(Cl)c1. The first-order valence-corrected chi connectivity index (χ1v) is 10.2. The number of anilines is 1. The Bertz CT molecular complexity index is 791. The van der Waals surface area contributed by atoms with E-state index in [1.807, 2.05) is 18.2 Å². The van der Waals surface area contributed by atoms with Crippen LogP contribution < -0.4 is 9.62 Å². The van der Waals surface area contributed by atoms with Crippen LogP contribution in [0.15, 0.2) is 59.5 Å². The van der Waals surface area contributed by atoms with Crippen LogP contribution in [-0.2, 0) is 10.0 Å². The van der Waals surface area contributed by atoms with E-state index >= 15 is 0 Å². The summed E-state index contributed by atoms with van der Waals surface area (Å²) in [4.78, 5) is 4.83. The summed E-state index contributed by atoms with van der Waals surface area (Å²) in [6.45, 7) is 4.83. The lowest BCUT2D eigenvalue weighted by molar-refractivity contribution is 0.262. The summed E-state index contributed by atoms with van der Waals surface area (Å²) >= 11 is 5.87. The first-order chi connectivity index (χ1) is 12.0. The molecule has 1 aliphatic rings. The van der Waals surface area contributed by atoms with Crippen molar-refractivity contribution in [1.82, 2.24) is 9.62 Å². The third-order valence-corrected chi connectivity index (χ3v) is 6.01. The predicted molar refractivity (Wildman–Crippen MR) is 102 cm³/mol. The van der Waals surface area contributed by atoms with Gasteiger partial charge in [-0.2, -0.15) is 0 Å². The number of hydrogen-bond donors (Lipinski definition) is 1. The molecule has 0 amide bonds. The van der Waals surface area contributed by atoms with E-state index in [1.54, 1.807) is 18.2 Å². The minimum atomic E-state index is -3.51. The van der Waals surface area contributed by atoms with E-state index in [1.165, 1.54) is 11.8 Å². The van der Waals surface area contributed by atoms with Gasteiger partial charge in [-0.1, -0.05) is 35.9 Å². The third kappa shape index (κ3) is 4.95. The first kappa shape index (κ1) is 18.2. The molecule has 3 rings (SSSR count). The molecular weight excluding hydrogens is 358 g/mol. The van der Waals surface area contributed by atoms with Crippen molar-refractivity contribution in [2.24, 2.45) is 0 Å². The molecule has 1 aliphatic heterocycles. The second-order valence-corrected chi connectivity index (χ2v) is 8.22. The number of nitrogens with one attached hydrogen (secondary N) is 1. The zero-order chi connectivity index (χ0) is 17.7. The molecule has 1 fully saturated rings. The summed E-state index contributed by atoms with van der Waals surface area (Å²) in [5, 5.41) is 0.417. The number of rotatable bonds is 6. The normalized spacial score (nSPS) is 16.1. The molecular formula is C18H22ClN3O2S. The largest absolute Gasteiger partial charge is 0.369 e. The molecule has 0 spiro atoms. The van der Waals surface area contributed by atoms with Gasteiger partial charge in [0.15, 0.2) is 0 Å². The molecule has 1 heterocycles. The molecule has 0 atom stereocenters. The first-order valence-electron chi connectivity index (χ1n) is 8.32. The fourth-order valence-corrected chi connectivity index (χ4v) is 4.25. The lowest BCUT2D eigenvalue weighted by atomic mass is 10.2. The average Bonchev–Trinajstić information content (AvgIpc) is 2.63. The van der Waals surface area contributed by atoms with Crippen LogP contribution in [0.1, 0.15) is 0 Å². The highest BCUT2D eigenvalue weighted by Crippen LogP contribution is 2.16. The van der Waals surface area contributed by atoms with E-state index in [4.69, 9.17) is 11.6 Å². The maximum atomic E-state index is 12.3. The zero-order valence-electron chi connectivity index (χ0n) is 13.9. The van der Waals surface area contributed by atoms with Crippen molar-refractivity contribution in [3.8, 4) is 0 Å². The van der Waals surface area contributed by atoms with Gasteiger partial charge in [-0.05, 0) is 30.3 Å². The molecule has 25 heavy (non-hydrogen) atoms. The van der Waals surface area contributed by atoms with Gasteiger partial charge in [0.05, 0.1) is 4.90 Å². The van der Waals surface area contributed by atoms with Crippen LogP contribution >= 0.6 is 11.6 Å². The number of hydrogen-bond acceptors (Lipinski definition) is 4. The van der Waals surface area contributed by atoms with Gasteiger partial charge < -0.3 is 4.90 Å². The topological polar surface area (TPSA) is 52.7 Å². The predicted octanol–water partition coefficient (Wildman–Crippen LogP) is 2.44. The Hall–Kier alpha value is -1.60. The number of sulfonamides is 1. The van der Waals surface area contributed by atoms with Crippen molar-refractivity contribution in [2.75, 3.05) is 44.2 Å². The number of para-hydroxylation sites is 1. The Balaban J connectivity index is 1.46. The van der Waals surface area contributed by atoms with Crippen molar-refractivity contribution in [1.29, 1.82) is 0 Å². The standard InChI is InChI=1S/C18H22ClN3O2S/c19-16-5-4-8-18(15-16)25(23,24)20-9-10-21-11-13-22(14-12-21)17-6-2-1-3-7-17/h1-8,15,20H,9-14H2. The maximum Gasteiger partial charge on any atom is 0.240 e. The molecule has 7 heteroatoms. The van der Waals surface area contributed by atoms with Crippen molar-refractivity contribution >= 4 is 27.3 Å². The Labute approximate surface area is 154 Å². The Morgan fingerprint density at radius 3 is 2.36 bits per heavy atom. The van der Waals surface area contributed by atoms with E-state index in [2.05, 4.69) is 26.7 Å². The quantitative estimate of drug-likeness (QED) is 0.837. The summed E-state index contributed by atoms with van der Waals surface area (Å²) in [5.41, 5.74) is 1.24. The van der Waals surface area contributed by atoms with Crippen LogP contribution in [0, 0.1) is 0 Å². The van der Waals surface area contributed by atoms with Crippen LogP contribution in [0.3, 0.4) is 0 Å². The van der Waals surface area contributed by atoms with Gasteiger partial charge in [0.1, 0.15) is 0 Å². The van der Waals surface area contributed by atoms with Crippen LogP contribution in [0.4, 0.5) is 5.69 Å². The van der Waals surface area contributed by atoms with E-state index in [0.29, 0.717) is 18.1 Å². The summed E-state index contributed by atoms with van der Waals surface area (Å²) in [6.07, 6.45) is 0. The molecule has 0 saturated carbocycles. The maximum absolute atomic E-state index is 12.3. The van der Waals surface area contributed by atoms with E-state index in [0.717, 1.165) is 26.2 Å². The lowest BCUT2D eigenvalue weighted by Crippen LogP contribution is -2.48. The van der Waals surface area contributed by atoms with Crippen molar-refractivity contribution < 1.29 is 8.42 Å². The molecule has 0 aliphatic carbocycles. The van der Waals surface area contributed by atoms with E-state index < -0.39 is 10.0 Å². The Morgan fingerprint density at radius 1 is 0.960 bits per heavy atom. The Kier molecular flexibility index (Phi) is 5.96. The average molecular weight is 380 g/mol. The highest BCUT2D eigenvalue weighted by Gasteiger charge is 2.18. The minimum absolute atomic E-state index is 0.203. The number of piperazine rings is 1. The molecule has 0 bridgehead atoms. The minimum Gasteiger partial charge on any atom is -0.369 e. The molecule has 5 nitrogen and oxygen atoms in total. The van der Waals surface area contributed by atoms with Gasteiger partial charge in [-0.3, -0.25) is 4.90 Å². The van der Waals surface area contributed by atoms with Gasteiger partial charge in [0.2, 0.25) is 10.0 Å². The van der Waals surface area contributed by atoms with Gasteiger partial charge in [-0.25, -0.2) is 13.1 Å². The van der Waals surface area contributed by atoms with Crippen molar-refractivity contribution in [3.63, 3.8) is 0 Å². The van der Waals surface area contributed by atoms with Crippen LogP contribution in [-0.4, -0.2) is 52.6 Å². The van der Waals surface area contributed by atoms with Gasteiger partial charge in [0.25, 0.3) is 0 Å². The molecule has 2 aromatic carbocycles. The second-order valence-electron chi connectivity index (χ2n) is 6.02. The third-order valence-electron chi connectivity index (χ3n) is 4.32. The molecule has 0 unspecified atom stereocenters. The summed E-state index contributed by atoms with van der Waals surface area (Å²) in [5.74, 6) is 0. The summed E-state index contributed by atoms with van der Waals surface area (Å²) in [6, 6.07) is 16.7. The van der Waals surface area contributed by atoms with Gasteiger partial charge in [-0.15, -0.1) is 0 Å². The van der Waals surface area contributed by atoms with Crippen LogP contribution in [0.25, 0.3) is 0 Å². The number of benzene rings is 2.